The zero-order chi connectivity index (χ0) is 15.3. The van der Waals surface area contributed by atoms with Crippen LogP contribution in [0.4, 0.5) is 0 Å². The molecule has 6 nitrogen and oxygen atoms in total. The van der Waals surface area contributed by atoms with Crippen LogP contribution in [0.3, 0.4) is 0 Å². The van der Waals surface area contributed by atoms with Crippen LogP contribution in [0.1, 0.15) is 44.2 Å². The Labute approximate surface area is 128 Å². The second-order valence-corrected chi connectivity index (χ2v) is 6.34. The molecule has 2 rings (SSSR count). The number of nitrogens with two attached hydrogens (primary N) is 1. The average Bonchev–Trinajstić information content (AvgIpc) is 2.87. The van der Waals surface area contributed by atoms with E-state index in [1.807, 2.05) is 5.38 Å². The first kappa shape index (κ1) is 15.8. The quantitative estimate of drug-likeness (QED) is 0.293. The number of hydrogen-bond acceptors (Lipinski definition) is 5. The maximum atomic E-state index is 12.9. The van der Waals surface area contributed by atoms with Gasteiger partial charge in [0.1, 0.15) is 5.41 Å². The van der Waals surface area contributed by atoms with E-state index in [1.165, 1.54) is 11.3 Å². The van der Waals surface area contributed by atoms with E-state index in [2.05, 4.69) is 10.1 Å². The summed E-state index contributed by atoms with van der Waals surface area (Å²) >= 11 is 1.50. The first-order valence-corrected chi connectivity index (χ1v) is 8.15. The Morgan fingerprint density at radius 1 is 1.48 bits per heavy atom. The van der Waals surface area contributed by atoms with E-state index < -0.39 is 5.41 Å². The van der Waals surface area contributed by atoms with Crippen molar-refractivity contribution < 1.29 is 10.0 Å². The summed E-state index contributed by atoms with van der Waals surface area (Å²) in [6, 6.07) is 0. The lowest BCUT2D eigenvalue weighted by Crippen LogP contribution is -2.50. The van der Waals surface area contributed by atoms with Gasteiger partial charge in [0.15, 0.2) is 5.84 Å². The van der Waals surface area contributed by atoms with Gasteiger partial charge in [-0.2, -0.15) is 0 Å². The molecule has 0 unspecified atom stereocenters. The molecule has 0 spiro atoms. The number of carbonyl (C=O) groups excluding carboxylic acids is 1. The lowest BCUT2D eigenvalue weighted by molar-refractivity contribution is -0.138. The molecule has 1 aliphatic carbocycles. The predicted octanol–water partition coefficient (Wildman–Crippen LogP) is 2.19. The summed E-state index contributed by atoms with van der Waals surface area (Å²) in [5, 5.41) is 14.2. The Morgan fingerprint density at radius 2 is 2.14 bits per heavy atom. The summed E-state index contributed by atoms with van der Waals surface area (Å²) in [4.78, 5) is 18.8. The molecule has 1 fully saturated rings. The number of nitrogens with zero attached hydrogens (tertiary/aromatic N) is 3. The molecule has 0 bridgehead atoms. The standard InChI is InChI=1S/C14H22N4O2S/c1-18(8-11-9-21-10-16-11)13(19)14(12(15)17-20)6-4-2-3-5-7-14/h9-10,20H,2-8H2,1H3,(H2,15,17). The summed E-state index contributed by atoms with van der Waals surface area (Å²) in [5.74, 6) is -0.0350. The summed E-state index contributed by atoms with van der Waals surface area (Å²) in [6.45, 7) is 0.447. The van der Waals surface area contributed by atoms with Gasteiger partial charge in [-0.3, -0.25) is 4.79 Å². The highest BCUT2D eigenvalue weighted by molar-refractivity contribution is 7.07. The fourth-order valence-corrected chi connectivity index (χ4v) is 3.55. The van der Waals surface area contributed by atoms with Crippen molar-refractivity contribution >= 4 is 23.1 Å². The number of aromatic nitrogens is 1. The number of amides is 1. The molecule has 1 aromatic rings. The van der Waals surface area contributed by atoms with Crippen molar-refractivity contribution in [2.45, 2.75) is 45.1 Å². The van der Waals surface area contributed by atoms with E-state index in [1.54, 1.807) is 17.5 Å². The molecule has 21 heavy (non-hydrogen) atoms. The smallest absolute Gasteiger partial charge is 0.236 e. The van der Waals surface area contributed by atoms with Crippen LogP contribution in [-0.4, -0.2) is 33.9 Å². The van der Waals surface area contributed by atoms with E-state index in [0.29, 0.717) is 19.4 Å². The lowest BCUT2D eigenvalue weighted by Gasteiger charge is -2.33. The molecule has 1 amide bonds. The van der Waals surface area contributed by atoms with Crippen LogP contribution in [0.25, 0.3) is 0 Å². The highest BCUT2D eigenvalue weighted by atomic mass is 32.1. The van der Waals surface area contributed by atoms with Gasteiger partial charge in [0.05, 0.1) is 17.7 Å². The third-order valence-corrected chi connectivity index (χ3v) is 4.83. The van der Waals surface area contributed by atoms with Crippen LogP contribution in [0.5, 0.6) is 0 Å². The average molecular weight is 310 g/mol. The van der Waals surface area contributed by atoms with Gasteiger partial charge in [0.2, 0.25) is 5.91 Å². The highest BCUT2D eigenvalue weighted by Gasteiger charge is 2.44. The van der Waals surface area contributed by atoms with Crippen LogP contribution in [0, 0.1) is 5.41 Å². The molecule has 0 radical (unpaired) electrons. The summed E-state index contributed by atoms with van der Waals surface area (Å²) in [7, 11) is 1.75. The topological polar surface area (TPSA) is 91.8 Å². The minimum absolute atomic E-state index is 0.0412. The minimum atomic E-state index is -0.865. The SMILES string of the molecule is CN(Cc1cscn1)C(=O)C1(C(N)=NO)CCCCCC1. The van der Waals surface area contributed by atoms with Gasteiger partial charge in [0, 0.05) is 12.4 Å². The second kappa shape index (κ2) is 6.89. The molecule has 1 aromatic heterocycles. The van der Waals surface area contributed by atoms with Crippen molar-refractivity contribution in [1.29, 1.82) is 0 Å². The fraction of sp³-hybridized carbons (Fsp3) is 0.643. The summed E-state index contributed by atoms with van der Waals surface area (Å²) in [6.07, 6.45) is 5.30. The van der Waals surface area contributed by atoms with Gasteiger partial charge in [-0.05, 0) is 12.8 Å². The maximum absolute atomic E-state index is 12.9. The Balaban J connectivity index is 2.21. The summed E-state index contributed by atoms with van der Waals surface area (Å²) < 4.78 is 0. The van der Waals surface area contributed by atoms with E-state index in [0.717, 1.165) is 31.4 Å². The van der Waals surface area contributed by atoms with Crippen molar-refractivity contribution in [2.75, 3.05) is 7.05 Å². The Bertz CT molecular complexity index is 493. The number of amidine groups is 1. The normalized spacial score (nSPS) is 19.0. The minimum Gasteiger partial charge on any atom is -0.409 e. The molecule has 7 heteroatoms. The number of oxime groups is 1. The van der Waals surface area contributed by atoms with E-state index in [4.69, 9.17) is 10.9 Å². The van der Waals surface area contributed by atoms with Crippen LogP contribution in [0.15, 0.2) is 16.0 Å². The van der Waals surface area contributed by atoms with Crippen LogP contribution < -0.4 is 5.73 Å². The van der Waals surface area contributed by atoms with Crippen molar-refractivity contribution in [1.82, 2.24) is 9.88 Å². The van der Waals surface area contributed by atoms with Crippen LogP contribution in [-0.2, 0) is 11.3 Å². The van der Waals surface area contributed by atoms with Gasteiger partial charge in [-0.15, -0.1) is 11.3 Å². The molecule has 0 atom stereocenters. The van der Waals surface area contributed by atoms with E-state index in [-0.39, 0.29) is 11.7 Å². The lowest BCUT2D eigenvalue weighted by atomic mass is 9.77. The Kier molecular flexibility index (Phi) is 5.17. The molecule has 1 saturated carbocycles. The molecular weight excluding hydrogens is 288 g/mol. The number of carbonyl (C=O) groups is 1. The Morgan fingerprint density at radius 3 is 2.67 bits per heavy atom. The fourth-order valence-electron chi connectivity index (χ4n) is 3.00. The van der Waals surface area contributed by atoms with E-state index in [9.17, 15) is 4.79 Å². The largest absolute Gasteiger partial charge is 0.409 e. The highest BCUT2D eigenvalue weighted by Crippen LogP contribution is 2.37. The summed E-state index contributed by atoms with van der Waals surface area (Å²) in [5.41, 5.74) is 7.65. The van der Waals surface area contributed by atoms with Crippen molar-refractivity contribution in [3.8, 4) is 0 Å². The number of hydrogen-bond donors (Lipinski definition) is 2. The molecule has 0 aromatic carbocycles. The second-order valence-electron chi connectivity index (χ2n) is 5.62. The van der Waals surface area contributed by atoms with Crippen molar-refractivity contribution in [3.05, 3.63) is 16.6 Å². The van der Waals surface area contributed by atoms with Gasteiger partial charge in [-0.25, -0.2) is 4.98 Å². The van der Waals surface area contributed by atoms with Gasteiger partial charge >= 0.3 is 0 Å². The van der Waals surface area contributed by atoms with Crippen LogP contribution in [0.2, 0.25) is 0 Å². The zero-order valence-corrected chi connectivity index (χ0v) is 13.1. The molecule has 1 heterocycles. The van der Waals surface area contributed by atoms with Gasteiger partial charge in [0.25, 0.3) is 0 Å². The molecule has 3 N–H and O–H groups in total. The van der Waals surface area contributed by atoms with Crippen molar-refractivity contribution in [3.63, 3.8) is 0 Å². The monoisotopic (exact) mass is 310 g/mol. The van der Waals surface area contributed by atoms with Crippen LogP contribution >= 0.6 is 11.3 Å². The maximum Gasteiger partial charge on any atom is 0.236 e. The predicted molar refractivity (Wildman–Crippen MR) is 82.1 cm³/mol. The Hall–Kier alpha value is -1.63. The molecule has 1 aliphatic rings. The van der Waals surface area contributed by atoms with Gasteiger partial charge in [-0.1, -0.05) is 30.8 Å². The third-order valence-electron chi connectivity index (χ3n) is 4.19. The number of thiazole rings is 1. The first-order chi connectivity index (χ1) is 10.1. The molecule has 0 saturated heterocycles. The zero-order valence-electron chi connectivity index (χ0n) is 12.3. The number of rotatable bonds is 4. The van der Waals surface area contributed by atoms with Gasteiger partial charge < -0.3 is 15.8 Å². The molecule has 116 valence electrons. The van der Waals surface area contributed by atoms with Crippen molar-refractivity contribution in [2.24, 2.45) is 16.3 Å². The molecular formula is C14H22N4O2S. The third kappa shape index (κ3) is 3.34. The first-order valence-electron chi connectivity index (χ1n) is 7.21. The molecule has 0 aliphatic heterocycles. The van der Waals surface area contributed by atoms with E-state index >= 15 is 0 Å².